The van der Waals surface area contributed by atoms with Gasteiger partial charge in [0.2, 0.25) is 0 Å². The summed E-state index contributed by atoms with van der Waals surface area (Å²) in [6.45, 7) is 7.22. The Labute approximate surface area is 185 Å². The van der Waals surface area contributed by atoms with Crippen LogP contribution < -0.4 is 4.90 Å². The molecule has 1 saturated heterocycles. The van der Waals surface area contributed by atoms with Crippen molar-refractivity contribution in [1.82, 2.24) is 4.90 Å². The predicted octanol–water partition coefficient (Wildman–Crippen LogP) is 5.34. The van der Waals surface area contributed by atoms with Gasteiger partial charge in [0.15, 0.2) is 0 Å². The molecule has 1 atom stereocenters. The van der Waals surface area contributed by atoms with E-state index < -0.39 is 23.6 Å². The Kier molecular flexibility index (Phi) is 5.61. The van der Waals surface area contributed by atoms with Crippen molar-refractivity contribution in [2.75, 3.05) is 18.0 Å². The van der Waals surface area contributed by atoms with Gasteiger partial charge in [-0.1, -0.05) is 31.2 Å². The van der Waals surface area contributed by atoms with E-state index in [2.05, 4.69) is 6.92 Å². The zero-order chi connectivity index (χ0) is 23.2. The van der Waals surface area contributed by atoms with Gasteiger partial charge in [0.1, 0.15) is 5.70 Å². The molecule has 2 aromatic rings. The quantitative estimate of drug-likeness (QED) is 0.603. The summed E-state index contributed by atoms with van der Waals surface area (Å²) in [5.74, 6) is -0.815. The van der Waals surface area contributed by atoms with Crippen molar-refractivity contribution in [2.45, 2.75) is 39.8 Å². The third-order valence-corrected chi connectivity index (χ3v) is 6.26. The lowest BCUT2D eigenvalue weighted by Gasteiger charge is -2.33. The molecule has 2 amide bonds. The van der Waals surface area contributed by atoms with E-state index in [-0.39, 0.29) is 17.0 Å². The predicted molar refractivity (Wildman–Crippen MR) is 117 cm³/mol. The second-order valence-electron chi connectivity index (χ2n) is 8.71. The average molecular weight is 442 g/mol. The molecule has 4 rings (SSSR count). The molecule has 0 spiro atoms. The van der Waals surface area contributed by atoms with Crippen molar-refractivity contribution < 1.29 is 22.8 Å². The molecule has 168 valence electrons. The van der Waals surface area contributed by atoms with E-state index in [0.29, 0.717) is 24.6 Å². The van der Waals surface area contributed by atoms with Crippen molar-refractivity contribution in [3.63, 3.8) is 0 Å². The fourth-order valence-electron chi connectivity index (χ4n) is 4.42. The maximum Gasteiger partial charge on any atom is 0.416 e. The number of piperidine rings is 1. The lowest BCUT2D eigenvalue weighted by Crippen LogP contribution is -2.39. The van der Waals surface area contributed by atoms with Gasteiger partial charge in [0.25, 0.3) is 11.8 Å². The molecule has 7 heteroatoms. The highest BCUT2D eigenvalue weighted by Crippen LogP contribution is 2.38. The Bertz CT molecular complexity index is 1120. The molecule has 4 nitrogen and oxygen atoms in total. The molecule has 2 heterocycles. The summed E-state index contributed by atoms with van der Waals surface area (Å²) in [6, 6.07) is 9.92. The van der Waals surface area contributed by atoms with Gasteiger partial charge in [-0.15, -0.1) is 0 Å². The van der Waals surface area contributed by atoms with Gasteiger partial charge in [-0.05, 0) is 67.5 Å². The van der Waals surface area contributed by atoms with E-state index in [1.807, 2.05) is 30.9 Å². The molecule has 0 bridgehead atoms. The number of aryl methyl sites for hydroxylation is 2. The number of carbonyl (C=O) groups is 2. The van der Waals surface area contributed by atoms with Crippen LogP contribution in [0.1, 0.15) is 42.0 Å². The minimum Gasteiger partial charge on any atom is -0.366 e. The lowest BCUT2D eigenvalue weighted by molar-refractivity contribution is -0.137. The van der Waals surface area contributed by atoms with Crippen LogP contribution in [0.4, 0.5) is 18.9 Å². The molecule has 0 N–H and O–H groups in total. The maximum atomic E-state index is 13.5. The zero-order valence-corrected chi connectivity index (χ0v) is 18.3. The van der Waals surface area contributed by atoms with Crippen LogP contribution in [0, 0.1) is 19.8 Å². The van der Waals surface area contributed by atoms with Crippen LogP contribution in [-0.4, -0.2) is 29.8 Å². The third kappa shape index (κ3) is 3.92. The maximum absolute atomic E-state index is 13.5. The molecule has 0 aliphatic carbocycles. The second-order valence-corrected chi connectivity index (χ2v) is 8.71. The van der Waals surface area contributed by atoms with Crippen LogP contribution in [0.15, 0.2) is 48.2 Å². The van der Waals surface area contributed by atoms with Crippen LogP contribution in [0.25, 0.3) is 5.57 Å². The summed E-state index contributed by atoms with van der Waals surface area (Å²) < 4.78 is 39.8. The highest BCUT2D eigenvalue weighted by molar-refractivity contribution is 6.45. The molecule has 1 fully saturated rings. The monoisotopic (exact) mass is 442 g/mol. The molecule has 2 aromatic carbocycles. The van der Waals surface area contributed by atoms with Crippen molar-refractivity contribution in [3.8, 4) is 0 Å². The summed E-state index contributed by atoms with van der Waals surface area (Å²) >= 11 is 0. The number of imide groups is 1. The van der Waals surface area contributed by atoms with Crippen molar-refractivity contribution in [1.29, 1.82) is 0 Å². The molecular formula is C25H25F3N2O2. The minimum atomic E-state index is -4.57. The SMILES string of the molecule is Cc1ccc(C2=C(N3CCCC(C)C3)C(=O)N(c3cccc(C(F)(F)F)c3)C2=O)cc1C. The Morgan fingerprint density at radius 1 is 0.969 bits per heavy atom. The molecule has 32 heavy (non-hydrogen) atoms. The van der Waals surface area contributed by atoms with Crippen LogP contribution in [0.5, 0.6) is 0 Å². The number of amides is 2. The molecule has 2 aliphatic rings. The summed E-state index contributed by atoms with van der Waals surface area (Å²) in [5, 5.41) is 0. The Morgan fingerprint density at radius 2 is 1.72 bits per heavy atom. The number of likely N-dealkylation sites (tertiary alicyclic amines) is 1. The van der Waals surface area contributed by atoms with Crippen LogP contribution in [0.3, 0.4) is 0 Å². The molecular weight excluding hydrogens is 417 g/mol. The van der Waals surface area contributed by atoms with Gasteiger partial charge < -0.3 is 4.90 Å². The first-order valence-electron chi connectivity index (χ1n) is 10.7. The third-order valence-electron chi connectivity index (χ3n) is 6.26. The normalized spacial score (nSPS) is 19.9. The first-order chi connectivity index (χ1) is 15.1. The number of alkyl halides is 3. The summed E-state index contributed by atoms with van der Waals surface area (Å²) in [7, 11) is 0. The number of anilines is 1. The summed E-state index contributed by atoms with van der Waals surface area (Å²) in [4.78, 5) is 29.9. The Balaban J connectivity index is 1.84. The van der Waals surface area contributed by atoms with E-state index >= 15 is 0 Å². The van der Waals surface area contributed by atoms with Crippen LogP contribution in [-0.2, 0) is 15.8 Å². The van der Waals surface area contributed by atoms with E-state index in [1.54, 1.807) is 6.07 Å². The van der Waals surface area contributed by atoms with Gasteiger partial charge >= 0.3 is 6.18 Å². The van der Waals surface area contributed by atoms with Crippen LogP contribution in [0.2, 0.25) is 0 Å². The molecule has 2 aliphatic heterocycles. The van der Waals surface area contributed by atoms with Gasteiger partial charge in [0, 0.05) is 13.1 Å². The smallest absolute Gasteiger partial charge is 0.366 e. The lowest BCUT2D eigenvalue weighted by atomic mass is 9.96. The van der Waals surface area contributed by atoms with Gasteiger partial charge in [0.05, 0.1) is 16.8 Å². The zero-order valence-electron chi connectivity index (χ0n) is 18.3. The first kappa shape index (κ1) is 22.1. The average Bonchev–Trinajstić information content (AvgIpc) is 2.99. The molecule has 0 radical (unpaired) electrons. The topological polar surface area (TPSA) is 40.6 Å². The van der Waals surface area contributed by atoms with E-state index in [4.69, 9.17) is 0 Å². The molecule has 0 saturated carbocycles. The van der Waals surface area contributed by atoms with Gasteiger partial charge in [-0.25, -0.2) is 4.90 Å². The summed E-state index contributed by atoms with van der Waals surface area (Å²) in [5.41, 5.74) is 2.19. The fraction of sp³-hybridized carbons (Fsp3) is 0.360. The van der Waals surface area contributed by atoms with Crippen LogP contribution >= 0.6 is 0 Å². The second kappa shape index (κ2) is 8.11. The largest absolute Gasteiger partial charge is 0.416 e. The van der Waals surface area contributed by atoms with E-state index in [1.165, 1.54) is 12.1 Å². The van der Waals surface area contributed by atoms with Crippen molar-refractivity contribution in [2.24, 2.45) is 5.92 Å². The first-order valence-corrected chi connectivity index (χ1v) is 10.7. The van der Waals surface area contributed by atoms with Gasteiger partial charge in [-0.3, -0.25) is 9.59 Å². The van der Waals surface area contributed by atoms with E-state index in [9.17, 15) is 22.8 Å². The summed E-state index contributed by atoms with van der Waals surface area (Å²) in [6.07, 6.45) is -2.66. The number of hydrogen-bond donors (Lipinski definition) is 0. The van der Waals surface area contributed by atoms with Crippen molar-refractivity contribution >= 4 is 23.1 Å². The number of carbonyl (C=O) groups excluding carboxylic acids is 2. The standard InChI is InChI=1S/C25H25F3N2O2/c1-15-6-5-11-29(14-15)22-21(18-10-9-16(2)17(3)12-18)23(31)30(24(22)32)20-8-4-7-19(13-20)25(26,27)28/h4,7-10,12-13,15H,5-6,11,14H2,1-3H3. The molecule has 1 unspecified atom stereocenters. The number of halogens is 3. The number of nitrogens with zero attached hydrogens (tertiary/aromatic N) is 2. The fourth-order valence-corrected chi connectivity index (χ4v) is 4.42. The number of hydrogen-bond acceptors (Lipinski definition) is 3. The number of benzene rings is 2. The Morgan fingerprint density at radius 3 is 2.38 bits per heavy atom. The minimum absolute atomic E-state index is 0.0729. The number of rotatable bonds is 3. The van der Waals surface area contributed by atoms with E-state index in [0.717, 1.165) is 41.0 Å². The van der Waals surface area contributed by atoms with Crippen molar-refractivity contribution in [3.05, 3.63) is 70.4 Å². The Hall–Kier alpha value is -3.09. The molecule has 0 aromatic heterocycles. The highest BCUT2D eigenvalue weighted by atomic mass is 19.4. The van der Waals surface area contributed by atoms with Gasteiger partial charge in [-0.2, -0.15) is 13.2 Å². The highest BCUT2D eigenvalue weighted by Gasteiger charge is 2.43.